The Bertz CT molecular complexity index is 1750. The van der Waals surface area contributed by atoms with Crippen LogP contribution in [0.5, 0.6) is 5.75 Å². The van der Waals surface area contributed by atoms with Crippen LogP contribution in [0.15, 0.2) is 108 Å². The lowest BCUT2D eigenvalue weighted by Crippen LogP contribution is -2.52. The summed E-state index contributed by atoms with van der Waals surface area (Å²) in [5.41, 5.74) is 2.33. The lowest BCUT2D eigenvalue weighted by molar-refractivity contribution is -0.150. The number of amides is 2. The molecule has 1 fully saturated rings. The zero-order valence-electron chi connectivity index (χ0n) is 27.9. The van der Waals surface area contributed by atoms with Gasteiger partial charge in [-0.15, -0.1) is 0 Å². The fourth-order valence-corrected chi connectivity index (χ4v) is 12.3. The first-order chi connectivity index (χ1) is 23.1. The van der Waals surface area contributed by atoms with Gasteiger partial charge >= 0.3 is 0 Å². The fourth-order valence-electron chi connectivity index (χ4n) is 7.93. The molecule has 2 aliphatic rings. The normalized spacial score (nSPS) is 21.8. The van der Waals surface area contributed by atoms with Gasteiger partial charge in [0.25, 0.3) is 5.91 Å². The molecule has 0 unspecified atom stereocenters. The highest BCUT2D eigenvalue weighted by molar-refractivity contribution is 9.10. The SMILES string of the molecule is COc1ccc([Si](C)(C)[C@H]2[C@H](CC(=O)N(CCO)Cc3ccccc3)O[C@@]3(C(=O)N(Cc4ccccc4)c4ccc(Br)cc43)[C@@H]2C)cc1. The molecule has 2 heterocycles. The maximum atomic E-state index is 15.0. The molecule has 4 aromatic rings. The van der Waals surface area contributed by atoms with Crippen molar-refractivity contribution in [3.63, 3.8) is 0 Å². The van der Waals surface area contributed by atoms with E-state index in [1.54, 1.807) is 12.0 Å². The molecule has 1 saturated heterocycles. The van der Waals surface area contributed by atoms with Crippen LogP contribution in [-0.4, -0.2) is 56.3 Å². The molecule has 1 spiro atoms. The molecule has 0 radical (unpaired) electrons. The fraction of sp³-hybridized carbons (Fsp3) is 0.333. The number of aliphatic hydroxyl groups excluding tert-OH is 1. The van der Waals surface area contributed by atoms with Crippen LogP contribution in [0, 0.1) is 5.92 Å². The number of anilines is 1. The van der Waals surface area contributed by atoms with Crippen LogP contribution in [0.25, 0.3) is 0 Å². The average Bonchev–Trinajstić information content (AvgIpc) is 3.51. The highest BCUT2D eigenvalue weighted by Crippen LogP contribution is 2.60. The van der Waals surface area contributed by atoms with Gasteiger partial charge in [-0.05, 0) is 47.0 Å². The number of methoxy groups -OCH3 is 1. The van der Waals surface area contributed by atoms with Crippen LogP contribution < -0.4 is 14.8 Å². The number of rotatable bonds is 11. The minimum atomic E-state index is -2.44. The van der Waals surface area contributed by atoms with Crippen LogP contribution in [-0.2, 0) is 33.0 Å². The molecule has 2 amide bonds. The summed E-state index contributed by atoms with van der Waals surface area (Å²) in [5, 5.41) is 11.1. The van der Waals surface area contributed by atoms with Gasteiger partial charge in [0.1, 0.15) is 5.75 Å². The second-order valence-corrected chi connectivity index (χ2v) is 19.0. The molecule has 1 N–H and O–H groups in total. The Hall–Kier alpha value is -3.76. The van der Waals surface area contributed by atoms with Crippen molar-refractivity contribution in [2.45, 2.75) is 56.8 Å². The van der Waals surface area contributed by atoms with E-state index in [0.29, 0.717) is 13.1 Å². The van der Waals surface area contributed by atoms with Crippen LogP contribution in [0.1, 0.15) is 30.0 Å². The standard InChI is InChI=1S/C39H43BrN2O5Si/c1-27-37(48(3,4)32-18-16-31(46-2)17-19-32)35(24-36(44)41(21-22-43)25-28-11-7-5-8-12-28)47-39(27)33-23-30(40)15-20-34(33)42(38(39)45)26-29-13-9-6-10-14-29/h5-20,23,27,35,37,43H,21-22,24-26H2,1-4H3/t27-,35+,37-,39+/m1/s1. The van der Waals surface area contributed by atoms with Crippen LogP contribution in [0.3, 0.4) is 0 Å². The predicted molar refractivity (Wildman–Crippen MR) is 195 cm³/mol. The van der Waals surface area contributed by atoms with Crippen molar-refractivity contribution in [1.82, 2.24) is 4.90 Å². The van der Waals surface area contributed by atoms with Gasteiger partial charge in [0.15, 0.2) is 5.60 Å². The third kappa shape index (κ3) is 6.25. The molecular formula is C39H43BrN2O5Si. The summed E-state index contributed by atoms with van der Waals surface area (Å²) >= 11 is 3.68. The molecular weight excluding hydrogens is 684 g/mol. The molecule has 0 aliphatic carbocycles. The molecule has 48 heavy (non-hydrogen) atoms. The molecule has 0 saturated carbocycles. The average molecular weight is 728 g/mol. The zero-order chi connectivity index (χ0) is 34.1. The van der Waals surface area contributed by atoms with E-state index in [2.05, 4.69) is 48.1 Å². The summed E-state index contributed by atoms with van der Waals surface area (Å²) in [5.74, 6) is 0.348. The Kier molecular flexibility index (Phi) is 9.95. The third-order valence-corrected chi connectivity index (χ3v) is 15.1. The molecule has 7 nitrogen and oxygen atoms in total. The van der Waals surface area contributed by atoms with E-state index in [4.69, 9.17) is 9.47 Å². The van der Waals surface area contributed by atoms with Crippen molar-refractivity contribution in [1.29, 1.82) is 0 Å². The second kappa shape index (κ2) is 14.0. The molecule has 2 aliphatic heterocycles. The monoisotopic (exact) mass is 726 g/mol. The Morgan fingerprint density at radius 3 is 2.25 bits per heavy atom. The van der Waals surface area contributed by atoms with E-state index in [0.717, 1.165) is 32.6 Å². The van der Waals surface area contributed by atoms with Crippen molar-refractivity contribution in [3.05, 3.63) is 124 Å². The van der Waals surface area contributed by atoms with Gasteiger partial charge in [-0.1, -0.05) is 114 Å². The summed E-state index contributed by atoms with van der Waals surface area (Å²) in [4.78, 5) is 32.7. The Balaban J connectivity index is 1.43. The summed E-state index contributed by atoms with van der Waals surface area (Å²) < 4.78 is 13.5. The molecule has 9 heteroatoms. The number of halogens is 1. The number of hydrogen-bond donors (Lipinski definition) is 1. The predicted octanol–water partition coefficient (Wildman–Crippen LogP) is 6.63. The number of ether oxygens (including phenoxy) is 2. The minimum absolute atomic E-state index is 0.0880. The smallest absolute Gasteiger partial charge is 0.264 e. The molecule has 4 atom stereocenters. The number of carbonyl (C=O) groups is 2. The number of nitrogens with zero attached hydrogens (tertiary/aromatic N) is 2. The first-order valence-electron chi connectivity index (χ1n) is 16.5. The summed E-state index contributed by atoms with van der Waals surface area (Å²) in [7, 11) is -0.781. The van der Waals surface area contributed by atoms with Gasteiger partial charge in [-0.3, -0.25) is 9.59 Å². The maximum absolute atomic E-state index is 15.0. The van der Waals surface area contributed by atoms with E-state index in [1.165, 1.54) is 5.19 Å². The first kappa shape index (κ1) is 34.1. The van der Waals surface area contributed by atoms with Gasteiger partial charge in [0.2, 0.25) is 5.91 Å². The van der Waals surface area contributed by atoms with Crippen LogP contribution in [0.2, 0.25) is 18.6 Å². The number of carbonyl (C=O) groups excluding carboxylic acids is 2. The molecule has 250 valence electrons. The quantitative estimate of drug-likeness (QED) is 0.176. The van der Waals surface area contributed by atoms with E-state index in [-0.39, 0.29) is 42.8 Å². The number of aliphatic hydroxyl groups is 1. The van der Waals surface area contributed by atoms with E-state index in [1.807, 2.05) is 95.9 Å². The number of benzene rings is 4. The van der Waals surface area contributed by atoms with Crippen molar-refractivity contribution < 1.29 is 24.2 Å². The molecule has 4 aromatic carbocycles. The maximum Gasteiger partial charge on any atom is 0.264 e. The van der Waals surface area contributed by atoms with Crippen molar-refractivity contribution in [2.24, 2.45) is 5.92 Å². The number of fused-ring (bicyclic) bond motifs is 2. The second-order valence-electron chi connectivity index (χ2n) is 13.4. The Labute approximate surface area is 292 Å². The lowest BCUT2D eigenvalue weighted by Gasteiger charge is -2.37. The number of hydrogen-bond acceptors (Lipinski definition) is 5. The van der Waals surface area contributed by atoms with Gasteiger partial charge in [-0.2, -0.15) is 0 Å². The minimum Gasteiger partial charge on any atom is -0.497 e. The van der Waals surface area contributed by atoms with E-state index >= 15 is 0 Å². The highest BCUT2D eigenvalue weighted by atomic mass is 79.9. The lowest BCUT2D eigenvalue weighted by atomic mass is 9.82. The molecule has 0 bridgehead atoms. The van der Waals surface area contributed by atoms with E-state index in [9.17, 15) is 14.7 Å². The summed E-state index contributed by atoms with van der Waals surface area (Å²) in [6.45, 7) is 7.64. The molecule has 6 rings (SSSR count). The summed E-state index contributed by atoms with van der Waals surface area (Å²) in [6.07, 6.45) is -0.424. The largest absolute Gasteiger partial charge is 0.497 e. The van der Waals surface area contributed by atoms with Crippen LogP contribution in [0.4, 0.5) is 5.69 Å². The Morgan fingerprint density at radius 2 is 1.62 bits per heavy atom. The van der Waals surface area contributed by atoms with E-state index < -0.39 is 19.8 Å². The van der Waals surface area contributed by atoms with Gasteiger partial charge < -0.3 is 24.4 Å². The van der Waals surface area contributed by atoms with Gasteiger partial charge in [-0.25, -0.2) is 0 Å². The highest BCUT2D eigenvalue weighted by Gasteiger charge is 2.66. The third-order valence-electron chi connectivity index (χ3n) is 10.3. The Morgan fingerprint density at radius 1 is 0.979 bits per heavy atom. The zero-order valence-corrected chi connectivity index (χ0v) is 30.5. The van der Waals surface area contributed by atoms with Gasteiger partial charge in [0.05, 0.1) is 46.5 Å². The van der Waals surface area contributed by atoms with Crippen molar-refractivity contribution in [3.8, 4) is 5.75 Å². The van der Waals surface area contributed by atoms with Crippen molar-refractivity contribution in [2.75, 3.05) is 25.2 Å². The van der Waals surface area contributed by atoms with Gasteiger partial charge in [0, 0.05) is 29.0 Å². The summed E-state index contributed by atoms with van der Waals surface area (Å²) in [6, 6.07) is 34.0. The topological polar surface area (TPSA) is 79.3 Å². The first-order valence-corrected chi connectivity index (χ1v) is 20.4. The van der Waals surface area contributed by atoms with Crippen LogP contribution >= 0.6 is 15.9 Å². The molecule has 0 aromatic heterocycles. The van der Waals surface area contributed by atoms with Crippen molar-refractivity contribution >= 4 is 46.7 Å².